The predicted octanol–water partition coefficient (Wildman–Crippen LogP) is 2.51. The molecule has 2 aliphatic rings. The lowest BCUT2D eigenvalue weighted by Crippen LogP contribution is -2.42. The maximum absolute atomic E-state index is 13.6. The second-order valence-corrected chi connectivity index (χ2v) is 4.57. The zero-order valence-electron chi connectivity index (χ0n) is 8.27. The monoisotopic (exact) mass is 185 g/mol. The minimum atomic E-state index is -0.524. The van der Waals surface area contributed by atoms with Gasteiger partial charge in [0.1, 0.15) is 6.17 Å². The summed E-state index contributed by atoms with van der Waals surface area (Å²) in [6.07, 6.45) is 6.78. The van der Waals surface area contributed by atoms with Crippen LogP contribution in [0.25, 0.3) is 0 Å². The normalized spacial score (nSPS) is 37.6. The lowest BCUT2D eigenvalue weighted by atomic mass is 9.76. The van der Waals surface area contributed by atoms with E-state index in [-0.39, 0.29) is 0 Å². The third-order valence-electron chi connectivity index (χ3n) is 3.70. The summed E-state index contributed by atoms with van der Waals surface area (Å²) < 4.78 is 13.6. The van der Waals surface area contributed by atoms with Crippen LogP contribution in [0.5, 0.6) is 0 Å². The molecule has 1 saturated carbocycles. The molecule has 0 amide bonds. The smallest absolute Gasteiger partial charge is 0.106 e. The van der Waals surface area contributed by atoms with E-state index in [1.165, 1.54) is 32.1 Å². The standard InChI is InChI=1S/C11H20FN/c12-11-6-7-13-8-10(11)9-4-2-1-3-5-9/h9-11,13H,1-8H2. The Labute approximate surface area is 80.1 Å². The second kappa shape index (κ2) is 4.41. The van der Waals surface area contributed by atoms with Crippen LogP contribution in [0.15, 0.2) is 0 Å². The average molecular weight is 185 g/mol. The first-order valence-corrected chi connectivity index (χ1v) is 5.72. The molecule has 2 rings (SSSR count). The summed E-state index contributed by atoms with van der Waals surface area (Å²) in [6.45, 7) is 1.80. The van der Waals surface area contributed by atoms with Crippen LogP contribution in [0.2, 0.25) is 0 Å². The summed E-state index contributed by atoms with van der Waals surface area (Å²) in [7, 11) is 0. The van der Waals surface area contributed by atoms with E-state index >= 15 is 0 Å². The van der Waals surface area contributed by atoms with Crippen molar-refractivity contribution in [1.82, 2.24) is 5.32 Å². The van der Waals surface area contributed by atoms with Gasteiger partial charge in [-0.3, -0.25) is 0 Å². The number of alkyl halides is 1. The molecule has 1 N–H and O–H groups in total. The molecule has 1 heterocycles. The van der Waals surface area contributed by atoms with E-state index in [9.17, 15) is 4.39 Å². The Morgan fingerprint density at radius 2 is 1.77 bits per heavy atom. The lowest BCUT2D eigenvalue weighted by molar-refractivity contribution is 0.104. The van der Waals surface area contributed by atoms with Crippen molar-refractivity contribution in [2.75, 3.05) is 13.1 Å². The van der Waals surface area contributed by atoms with Crippen LogP contribution in [-0.2, 0) is 0 Å². The van der Waals surface area contributed by atoms with Crippen molar-refractivity contribution in [3.05, 3.63) is 0 Å². The lowest BCUT2D eigenvalue weighted by Gasteiger charge is -2.35. The van der Waals surface area contributed by atoms with Gasteiger partial charge >= 0.3 is 0 Å². The number of hydrogen-bond acceptors (Lipinski definition) is 1. The fraction of sp³-hybridized carbons (Fsp3) is 1.00. The molecule has 1 aliphatic carbocycles. The SMILES string of the molecule is FC1CCNCC1C1CCCCC1. The molecule has 2 fully saturated rings. The van der Waals surface area contributed by atoms with Gasteiger partial charge in [-0.1, -0.05) is 32.1 Å². The highest BCUT2D eigenvalue weighted by Gasteiger charge is 2.32. The van der Waals surface area contributed by atoms with E-state index in [0.717, 1.165) is 19.5 Å². The molecule has 0 aromatic rings. The van der Waals surface area contributed by atoms with Gasteiger partial charge in [0.15, 0.2) is 0 Å². The molecule has 13 heavy (non-hydrogen) atoms. The molecular formula is C11H20FN. The summed E-state index contributed by atoms with van der Waals surface area (Å²) in [5, 5.41) is 3.32. The highest BCUT2D eigenvalue weighted by molar-refractivity contribution is 4.84. The van der Waals surface area contributed by atoms with E-state index in [1.807, 2.05) is 0 Å². The molecule has 0 aromatic carbocycles. The van der Waals surface area contributed by atoms with Crippen LogP contribution in [-0.4, -0.2) is 19.3 Å². The summed E-state index contributed by atoms with van der Waals surface area (Å²) in [5.41, 5.74) is 0. The Bertz CT molecular complexity index is 154. The van der Waals surface area contributed by atoms with Crippen molar-refractivity contribution in [2.24, 2.45) is 11.8 Å². The van der Waals surface area contributed by atoms with E-state index in [2.05, 4.69) is 5.32 Å². The first-order chi connectivity index (χ1) is 6.38. The third-order valence-corrected chi connectivity index (χ3v) is 3.70. The molecule has 0 aromatic heterocycles. The topological polar surface area (TPSA) is 12.0 Å². The van der Waals surface area contributed by atoms with Crippen molar-refractivity contribution in [3.8, 4) is 0 Å². The molecule has 0 bridgehead atoms. The Balaban J connectivity index is 1.88. The molecule has 1 nitrogen and oxygen atoms in total. The van der Waals surface area contributed by atoms with Gasteiger partial charge in [0.25, 0.3) is 0 Å². The molecule has 1 aliphatic heterocycles. The Hall–Kier alpha value is -0.110. The van der Waals surface area contributed by atoms with E-state index in [0.29, 0.717) is 11.8 Å². The zero-order chi connectivity index (χ0) is 9.10. The molecule has 0 radical (unpaired) electrons. The van der Waals surface area contributed by atoms with Crippen molar-refractivity contribution in [1.29, 1.82) is 0 Å². The summed E-state index contributed by atoms with van der Waals surface area (Å²) in [6, 6.07) is 0. The van der Waals surface area contributed by atoms with Crippen molar-refractivity contribution < 1.29 is 4.39 Å². The number of nitrogens with one attached hydrogen (secondary N) is 1. The molecular weight excluding hydrogens is 165 g/mol. The van der Waals surface area contributed by atoms with Crippen LogP contribution in [0, 0.1) is 11.8 Å². The number of piperidine rings is 1. The summed E-state index contributed by atoms with van der Waals surface area (Å²) in [5.74, 6) is 1.01. The maximum atomic E-state index is 13.6. The predicted molar refractivity (Wildman–Crippen MR) is 52.4 cm³/mol. The van der Waals surface area contributed by atoms with Gasteiger partial charge in [0, 0.05) is 12.5 Å². The van der Waals surface area contributed by atoms with Crippen molar-refractivity contribution in [3.63, 3.8) is 0 Å². The first kappa shape index (κ1) is 9.45. The van der Waals surface area contributed by atoms with E-state index < -0.39 is 6.17 Å². The Kier molecular flexibility index (Phi) is 3.20. The minimum absolute atomic E-state index is 0.328. The molecule has 2 heteroatoms. The van der Waals surface area contributed by atoms with Crippen LogP contribution in [0.3, 0.4) is 0 Å². The largest absolute Gasteiger partial charge is 0.316 e. The Morgan fingerprint density at radius 1 is 1.00 bits per heavy atom. The Morgan fingerprint density at radius 3 is 2.46 bits per heavy atom. The van der Waals surface area contributed by atoms with Gasteiger partial charge in [-0.25, -0.2) is 4.39 Å². The summed E-state index contributed by atoms with van der Waals surface area (Å²) >= 11 is 0. The van der Waals surface area contributed by atoms with Crippen molar-refractivity contribution in [2.45, 2.75) is 44.7 Å². The fourth-order valence-corrected chi connectivity index (χ4v) is 2.87. The van der Waals surface area contributed by atoms with Crippen molar-refractivity contribution >= 4 is 0 Å². The van der Waals surface area contributed by atoms with Gasteiger partial charge < -0.3 is 5.32 Å². The van der Waals surface area contributed by atoms with Gasteiger partial charge in [-0.15, -0.1) is 0 Å². The third kappa shape index (κ3) is 2.22. The van der Waals surface area contributed by atoms with E-state index in [4.69, 9.17) is 0 Å². The van der Waals surface area contributed by atoms with Crippen LogP contribution >= 0.6 is 0 Å². The van der Waals surface area contributed by atoms with Crippen LogP contribution < -0.4 is 5.32 Å². The number of halogens is 1. The van der Waals surface area contributed by atoms with Crippen LogP contribution in [0.4, 0.5) is 4.39 Å². The van der Waals surface area contributed by atoms with Gasteiger partial charge in [-0.2, -0.15) is 0 Å². The molecule has 2 unspecified atom stereocenters. The molecule has 2 atom stereocenters. The second-order valence-electron chi connectivity index (χ2n) is 4.57. The number of rotatable bonds is 1. The van der Waals surface area contributed by atoms with Gasteiger partial charge in [0.05, 0.1) is 0 Å². The quantitative estimate of drug-likeness (QED) is 0.662. The highest BCUT2D eigenvalue weighted by Crippen LogP contribution is 2.34. The van der Waals surface area contributed by atoms with E-state index in [1.54, 1.807) is 0 Å². The summed E-state index contributed by atoms with van der Waals surface area (Å²) in [4.78, 5) is 0. The van der Waals surface area contributed by atoms with Gasteiger partial charge in [-0.05, 0) is 18.9 Å². The minimum Gasteiger partial charge on any atom is -0.316 e. The molecule has 0 spiro atoms. The average Bonchev–Trinajstić information content (AvgIpc) is 2.20. The highest BCUT2D eigenvalue weighted by atomic mass is 19.1. The first-order valence-electron chi connectivity index (χ1n) is 5.72. The zero-order valence-corrected chi connectivity index (χ0v) is 8.27. The van der Waals surface area contributed by atoms with Crippen LogP contribution in [0.1, 0.15) is 38.5 Å². The maximum Gasteiger partial charge on any atom is 0.106 e. The van der Waals surface area contributed by atoms with Gasteiger partial charge in [0.2, 0.25) is 0 Å². The molecule has 76 valence electrons. The molecule has 1 saturated heterocycles. The number of hydrogen-bond donors (Lipinski definition) is 1. The fourth-order valence-electron chi connectivity index (χ4n) is 2.87.